The van der Waals surface area contributed by atoms with Crippen LogP contribution >= 0.6 is 0 Å². The predicted molar refractivity (Wildman–Crippen MR) is 38.4 cm³/mol. The molecule has 52 valence electrons. The molecular formula is C6H8N4. The molecule has 0 amide bonds. The van der Waals surface area contributed by atoms with E-state index >= 15 is 0 Å². The molecule has 0 aromatic carbocycles. The van der Waals surface area contributed by atoms with E-state index in [0.29, 0.717) is 0 Å². The molecule has 0 bridgehead atoms. The smallest absolute Gasteiger partial charge is 0.116 e. The van der Waals surface area contributed by atoms with E-state index in [2.05, 4.69) is 10.1 Å². The zero-order valence-corrected chi connectivity index (χ0v) is 5.51. The first-order valence-electron chi connectivity index (χ1n) is 3.25. The van der Waals surface area contributed by atoms with Gasteiger partial charge in [-0.05, 0) is 0 Å². The number of aromatic nitrogens is 2. The quantitative estimate of drug-likeness (QED) is 0.553. The van der Waals surface area contributed by atoms with Crippen LogP contribution in [-0.2, 0) is 0 Å². The number of nitrogens with zero attached hydrogens (tertiary/aromatic N) is 4. The summed E-state index contributed by atoms with van der Waals surface area (Å²) in [7, 11) is 0. The van der Waals surface area contributed by atoms with E-state index in [1.54, 1.807) is 12.5 Å². The largest absolute Gasteiger partial charge is 0.243 e. The van der Waals surface area contributed by atoms with Crippen molar-refractivity contribution in [2.24, 2.45) is 5.10 Å². The zero-order valence-electron chi connectivity index (χ0n) is 5.51. The lowest BCUT2D eigenvalue weighted by Gasteiger charge is -2.12. The highest BCUT2D eigenvalue weighted by Gasteiger charge is 2.05. The number of hydrazone groups is 1. The highest BCUT2D eigenvalue weighted by molar-refractivity contribution is 5.60. The van der Waals surface area contributed by atoms with Gasteiger partial charge in [0.1, 0.15) is 6.33 Å². The average Bonchev–Trinajstić information content (AvgIpc) is 2.59. The molecule has 0 saturated carbocycles. The second-order valence-electron chi connectivity index (χ2n) is 2.13. The molecule has 1 aliphatic rings. The molecule has 4 nitrogen and oxygen atoms in total. The van der Waals surface area contributed by atoms with E-state index in [4.69, 9.17) is 0 Å². The van der Waals surface area contributed by atoms with Gasteiger partial charge >= 0.3 is 0 Å². The number of imidazole rings is 1. The van der Waals surface area contributed by atoms with Crippen molar-refractivity contribution < 1.29 is 0 Å². The lowest BCUT2D eigenvalue weighted by molar-refractivity contribution is 0.642. The van der Waals surface area contributed by atoms with Gasteiger partial charge in [-0.3, -0.25) is 0 Å². The molecule has 1 aromatic rings. The van der Waals surface area contributed by atoms with Crippen LogP contribution in [0.4, 0.5) is 0 Å². The van der Waals surface area contributed by atoms with E-state index in [1.165, 1.54) is 0 Å². The van der Waals surface area contributed by atoms with E-state index in [1.807, 2.05) is 22.2 Å². The predicted octanol–water partition coefficient (Wildman–Crippen LogP) is 0.211. The maximum atomic E-state index is 4.11. The fraction of sp³-hybridized carbons (Fsp3) is 0.333. The standard InChI is InChI=1S/C6H8N4/c1-2-8-10(4-1)9-5-3-7-6-9/h2-3,5-6H,1,4H2. The van der Waals surface area contributed by atoms with Crippen LogP contribution < -0.4 is 5.12 Å². The maximum Gasteiger partial charge on any atom is 0.116 e. The molecule has 0 spiro atoms. The van der Waals surface area contributed by atoms with Gasteiger partial charge in [-0.1, -0.05) is 0 Å². The van der Waals surface area contributed by atoms with Crippen LogP contribution in [-0.4, -0.2) is 22.4 Å². The maximum absolute atomic E-state index is 4.11. The van der Waals surface area contributed by atoms with Gasteiger partial charge < -0.3 is 0 Å². The highest BCUT2D eigenvalue weighted by Crippen LogP contribution is 1.98. The van der Waals surface area contributed by atoms with Crippen molar-refractivity contribution in [2.75, 3.05) is 11.7 Å². The lowest BCUT2D eigenvalue weighted by Crippen LogP contribution is -2.24. The van der Waals surface area contributed by atoms with Crippen molar-refractivity contribution in [3.05, 3.63) is 18.7 Å². The number of hydrogen-bond acceptors (Lipinski definition) is 3. The average molecular weight is 136 g/mol. The van der Waals surface area contributed by atoms with Crippen molar-refractivity contribution in [1.29, 1.82) is 0 Å². The summed E-state index contributed by atoms with van der Waals surface area (Å²) in [6.45, 7) is 0.955. The minimum absolute atomic E-state index is 0.955. The Morgan fingerprint density at radius 1 is 1.40 bits per heavy atom. The fourth-order valence-corrected chi connectivity index (χ4v) is 0.947. The number of rotatable bonds is 1. The Morgan fingerprint density at radius 2 is 2.40 bits per heavy atom. The third-order valence-electron chi connectivity index (χ3n) is 1.43. The summed E-state index contributed by atoms with van der Waals surface area (Å²) in [6, 6.07) is 0. The molecule has 0 saturated heterocycles. The zero-order chi connectivity index (χ0) is 6.81. The Hall–Kier alpha value is -1.32. The summed E-state index contributed by atoms with van der Waals surface area (Å²) in [6.07, 6.45) is 8.29. The van der Waals surface area contributed by atoms with E-state index in [-0.39, 0.29) is 0 Å². The molecule has 2 heterocycles. The van der Waals surface area contributed by atoms with Gasteiger partial charge in [-0.25, -0.2) is 14.8 Å². The van der Waals surface area contributed by atoms with Crippen LogP contribution in [0.2, 0.25) is 0 Å². The molecule has 0 aliphatic carbocycles. The summed E-state index contributed by atoms with van der Waals surface area (Å²) >= 11 is 0. The van der Waals surface area contributed by atoms with Gasteiger partial charge in [0.25, 0.3) is 0 Å². The molecule has 0 unspecified atom stereocenters. The monoisotopic (exact) mass is 136 g/mol. The van der Waals surface area contributed by atoms with Crippen molar-refractivity contribution in [3.63, 3.8) is 0 Å². The lowest BCUT2D eigenvalue weighted by atomic mass is 10.5. The van der Waals surface area contributed by atoms with Crippen molar-refractivity contribution in [3.8, 4) is 0 Å². The van der Waals surface area contributed by atoms with E-state index in [9.17, 15) is 0 Å². The van der Waals surface area contributed by atoms with Gasteiger partial charge in [-0.2, -0.15) is 5.10 Å². The minimum Gasteiger partial charge on any atom is -0.243 e. The molecule has 2 rings (SSSR count). The van der Waals surface area contributed by atoms with Crippen LogP contribution in [0.1, 0.15) is 6.42 Å². The van der Waals surface area contributed by atoms with Gasteiger partial charge in [0.05, 0.1) is 6.54 Å². The molecule has 0 atom stereocenters. The topological polar surface area (TPSA) is 33.4 Å². The van der Waals surface area contributed by atoms with Crippen LogP contribution in [0, 0.1) is 0 Å². The van der Waals surface area contributed by atoms with Crippen LogP contribution in [0.5, 0.6) is 0 Å². The second kappa shape index (κ2) is 2.13. The first-order chi connectivity index (χ1) is 4.97. The minimum atomic E-state index is 0.955. The van der Waals surface area contributed by atoms with Gasteiger partial charge in [0.15, 0.2) is 0 Å². The first kappa shape index (κ1) is 5.46. The summed E-state index contributed by atoms with van der Waals surface area (Å²) in [5.41, 5.74) is 0. The van der Waals surface area contributed by atoms with Gasteiger partial charge in [0.2, 0.25) is 0 Å². The molecular weight excluding hydrogens is 128 g/mol. The number of hydrogen-bond donors (Lipinski definition) is 0. The Labute approximate surface area is 58.8 Å². The van der Waals surface area contributed by atoms with E-state index in [0.717, 1.165) is 13.0 Å². The van der Waals surface area contributed by atoms with Gasteiger partial charge in [-0.15, -0.1) is 0 Å². The molecule has 0 N–H and O–H groups in total. The van der Waals surface area contributed by atoms with E-state index < -0.39 is 0 Å². The highest BCUT2D eigenvalue weighted by atomic mass is 15.7. The third-order valence-corrected chi connectivity index (χ3v) is 1.43. The Morgan fingerprint density at radius 3 is 3.00 bits per heavy atom. The molecule has 1 aliphatic heterocycles. The molecule has 0 fully saturated rings. The summed E-state index contributed by atoms with van der Waals surface area (Å²) in [4.78, 5) is 3.91. The second-order valence-corrected chi connectivity index (χ2v) is 2.13. The van der Waals surface area contributed by atoms with Crippen molar-refractivity contribution in [1.82, 2.24) is 9.66 Å². The van der Waals surface area contributed by atoms with Gasteiger partial charge in [0, 0.05) is 25.0 Å². The summed E-state index contributed by atoms with van der Waals surface area (Å²) < 4.78 is 1.86. The van der Waals surface area contributed by atoms with Crippen LogP contribution in [0.3, 0.4) is 0 Å². The SMILES string of the molecule is C1=NN(n2ccnc2)CC1. The Balaban J connectivity index is 2.20. The molecule has 10 heavy (non-hydrogen) atoms. The Kier molecular flexibility index (Phi) is 1.16. The van der Waals surface area contributed by atoms with Crippen molar-refractivity contribution in [2.45, 2.75) is 6.42 Å². The molecule has 4 heteroatoms. The molecule has 1 aromatic heterocycles. The normalized spacial score (nSPS) is 16.6. The first-order valence-corrected chi connectivity index (χ1v) is 3.25. The van der Waals surface area contributed by atoms with Crippen LogP contribution in [0.15, 0.2) is 23.8 Å². The van der Waals surface area contributed by atoms with Crippen LogP contribution in [0.25, 0.3) is 0 Å². The summed E-state index contributed by atoms with van der Waals surface area (Å²) in [5, 5.41) is 5.98. The summed E-state index contributed by atoms with van der Waals surface area (Å²) in [5.74, 6) is 0. The van der Waals surface area contributed by atoms with Crippen molar-refractivity contribution >= 4 is 6.21 Å². The Bertz CT molecular complexity index is 226. The molecule has 0 radical (unpaired) electrons. The fourth-order valence-electron chi connectivity index (χ4n) is 0.947. The third kappa shape index (κ3) is 0.775.